The molecule has 3 nitrogen and oxygen atoms in total. The van der Waals surface area contributed by atoms with Crippen LogP contribution in [0.1, 0.15) is 38.8 Å². The lowest BCUT2D eigenvalue weighted by Crippen LogP contribution is -2.43. The number of carbonyl (C=O) groups excluding carboxylic acids is 1. The van der Waals surface area contributed by atoms with Crippen molar-refractivity contribution in [1.29, 1.82) is 0 Å². The van der Waals surface area contributed by atoms with Crippen LogP contribution in [0.5, 0.6) is 0 Å². The van der Waals surface area contributed by atoms with Crippen molar-refractivity contribution >= 4 is 5.91 Å². The Labute approximate surface area is 129 Å². The van der Waals surface area contributed by atoms with Gasteiger partial charge in [0.25, 0.3) is 0 Å². The predicted octanol–water partition coefficient (Wildman–Crippen LogP) is 3.08. The van der Waals surface area contributed by atoms with E-state index in [0.29, 0.717) is 5.56 Å². The van der Waals surface area contributed by atoms with Gasteiger partial charge in [-0.05, 0) is 18.6 Å². The fourth-order valence-corrected chi connectivity index (χ4v) is 1.93. The average Bonchev–Trinajstić information content (AvgIpc) is 2.43. The molecule has 2 unspecified atom stereocenters. The second-order valence-corrected chi connectivity index (χ2v) is 6.33. The maximum Gasteiger partial charge on any atom is 0.416 e. The summed E-state index contributed by atoms with van der Waals surface area (Å²) in [7, 11) is 0. The number of rotatable bonds is 5. The second kappa shape index (κ2) is 6.69. The summed E-state index contributed by atoms with van der Waals surface area (Å²) in [5.41, 5.74) is 4.89. The summed E-state index contributed by atoms with van der Waals surface area (Å²) < 4.78 is 38.3. The molecule has 1 aromatic rings. The minimum absolute atomic E-state index is 0.199. The predicted molar refractivity (Wildman–Crippen MR) is 80.3 cm³/mol. The van der Waals surface area contributed by atoms with Crippen molar-refractivity contribution < 1.29 is 18.0 Å². The van der Waals surface area contributed by atoms with Crippen LogP contribution in [0.2, 0.25) is 0 Å². The average molecular weight is 316 g/mol. The van der Waals surface area contributed by atoms with E-state index < -0.39 is 17.2 Å². The van der Waals surface area contributed by atoms with Gasteiger partial charge in [-0.2, -0.15) is 13.2 Å². The Kier molecular flexibility index (Phi) is 5.62. The van der Waals surface area contributed by atoms with Crippen LogP contribution in [0.15, 0.2) is 24.3 Å². The van der Waals surface area contributed by atoms with Gasteiger partial charge in [-0.3, -0.25) is 4.79 Å². The molecule has 1 rings (SSSR count). The third-order valence-electron chi connectivity index (χ3n) is 3.88. The van der Waals surface area contributed by atoms with Gasteiger partial charge in [0.15, 0.2) is 0 Å². The first kappa shape index (κ1) is 18.5. The molecule has 6 heteroatoms. The number of hydrogen-bond donors (Lipinski definition) is 2. The fourth-order valence-electron chi connectivity index (χ4n) is 1.93. The standard InChI is InChI=1S/C16H23F3N2O/c1-10(11(2)20)14(22)21-9-15(3,4)12-6-5-7-13(8-12)16(17,18)19/h5-8,10-11H,9,20H2,1-4H3,(H,21,22). The maximum atomic E-state index is 12.8. The summed E-state index contributed by atoms with van der Waals surface area (Å²) in [5, 5.41) is 2.76. The molecule has 2 atom stereocenters. The second-order valence-electron chi connectivity index (χ2n) is 6.33. The quantitative estimate of drug-likeness (QED) is 0.877. The highest BCUT2D eigenvalue weighted by Gasteiger charge is 2.32. The van der Waals surface area contributed by atoms with Crippen molar-refractivity contribution in [2.75, 3.05) is 6.54 Å². The van der Waals surface area contributed by atoms with Crippen LogP contribution in [0.3, 0.4) is 0 Å². The molecule has 0 fully saturated rings. The van der Waals surface area contributed by atoms with Crippen LogP contribution in [0.4, 0.5) is 13.2 Å². The third kappa shape index (κ3) is 4.73. The van der Waals surface area contributed by atoms with Crippen molar-refractivity contribution in [2.24, 2.45) is 11.7 Å². The highest BCUT2D eigenvalue weighted by molar-refractivity contribution is 5.79. The number of nitrogens with two attached hydrogens (primary N) is 1. The monoisotopic (exact) mass is 316 g/mol. The van der Waals surface area contributed by atoms with Gasteiger partial charge >= 0.3 is 6.18 Å². The topological polar surface area (TPSA) is 55.1 Å². The highest BCUT2D eigenvalue weighted by atomic mass is 19.4. The van der Waals surface area contributed by atoms with Crippen LogP contribution >= 0.6 is 0 Å². The van der Waals surface area contributed by atoms with Crippen molar-refractivity contribution in [3.63, 3.8) is 0 Å². The van der Waals surface area contributed by atoms with Gasteiger partial charge in [0.2, 0.25) is 5.91 Å². The molecule has 0 saturated carbocycles. The molecule has 0 radical (unpaired) electrons. The number of halogens is 3. The van der Waals surface area contributed by atoms with Gasteiger partial charge in [0.05, 0.1) is 5.56 Å². The zero-order chi connectivity index (χ0) is 17.1. The van der Waals surface area contributed by atoms with Crippen LogP contribution in [-0.4, -0.2) is 18.5 Å². The minimum Gasteiger partial charge on any atom is -0.355 e. The highest BCUT2D eigenvalue weighted by Crippen LogP contribution is 2.32. The van der Waals surface area contributed by atoms with Gasteiger partial charge < -0.3 is 11.1 Å². The smallest absolute Gasteiger partial charge is 0.355 e. The minimum atomic E-state index is -4.38. The molecule has 1 aromatic carbocycles. The van der Waals surface area contributed by atoms with Gasteiger partial charge in [-0.1, -0.05) is 39.0 Å². The first-order valence-corrected chi connectivity index (χ1v) is 7.16. The molecule has 0 saturated heterocycles. The Balaban J connectivity index is 2.85. The Morgan fingerprint density at radius 1 is 1.23 bits per heavy atom. The van der Waals surface area contributed by atoms with Crippen LogP contribution in [-0.2, 0) is 16.4 Å². The zero-order valence-electron chi connectivity index (χ0n) is 13.3. The molecule has 0 aromatic heterocycles. The SMILES string of the molecule is CC(N)C(C)C(=O)NCC(C)(C)c1cccc(C(F)(F)F)c1. The molecule has 0 aliphatic heterocycles. The number of hydrogen-bond acceptors (Lipinski definition) is 2. The van der Waals surface area contributed by atoms with Crippen molar-refractivity contribution in [3.05, 3.63) is 35.4 Å². The van der Waals surface area contributed by atoms with E-state index in [0.717, 1.165) is 12.1 Å². The molecule has 0 bridgehead atoms. The number of nitrogens with one attached hydrogen (secondary N) is 1. The molecule has 0 spiro atoms. The molecule has 3 N–H and O–H groups in total. The maximum absolute atomic E-state index is 12.8. The van der Waals surface area contributed by atoms with Crippen LogP contribution in [0.25, 0.3) is 0 Å². The van der Waals surface area contributed by atoms with E-state index in [2.05, 4.69) is 5.32 Å². The van der Waals surface area contributed by atoms with E-state index in [4.69, 9.17) is 5.73 Å². The van der Waals surface area contributed by atoms with Crippen LogP contribution in [0, 0.1) is 5.92 Å². The summed E-state index contributed by atoms with van der Waals surface area (Å²) in [5.74, 6) is -0.549. The molecule has 124 valence electrons. The fraction of sp³-hybridized carbons (Fsp3) is 0.562. The molecule has 0 aliphatic rings. The third-order valence-corrected chi connectivity index (χ3v) is 3.88. The van der Waals surface area contributed by atoms with E-state index in [1.807, 2.05) is 0 Å². The van der Waals surface area contributed by atoms with E-state index in [9.17, 15) is 18.0 Å². The molecular formula is C16H23F3N2O. The number of alkyl halides is 3. The van der Waals surface area contributed by atoms with Crippen LogP contribution < -0.4 is 11.1 Å². The van der Waals surface area contributed by atoms with Crippen molar-refractivity contribution in [1.82, 2.24) is 5.32 Å². The first-order valence-electron chi connectivity index (χ1n) is 7.16. The van der Waals surface area contributed by atoms with E-state index in [-0.39, 0.29) is 24.4 Å². The number of carbonyl (C=O) groups is 1. The summed E-state index contributed by atoms with van der Waals surface area (Å²) >= 11 is 0. The molecule has 1 amide bonds. The lowest BCUT2D eigenvalue weighted by Gasteiger charge is -2.27. The summed E-state index contributed by atoms with van der Waals surface area (Å²) in [6.07, 6.45) is -4.38. The van der Waals surface area contributed by atoms with Crippen molar-refractivity contribution in [3.8, 4) is 0 Å². The Bertz CT molecular complexity index is 524. The number of amides is 1. The summed E-state index contributed by atoms with van der Waals surface area (Å²) in [4.78, 5) is 11.9. The number of benzene rings is 1. The van der Waals surface area contributed by atoms with Crippen molar-refractivity contribution in [2.45, 2.75) is 45.3 Å². The van der Waals surface area contributed by atoms with Gasteiger partial charge in [0.1, 0.15) is 0 Å². The molecule has 22 heavy (non-hydrogen) atoms. The lowest BCUT2D eigenvalue weighted by molar-refractivity contribution is -0.137. The largest absolute Gasteiger partial charge is 0.416 e. The molecule has 0 heterocycles. The van der Waals surface area contributed by atoms with E-state index in [1.165, 1.54) is 6.07 Å². The lowest BCUT2D eigenvalue weighted by atomic mass is 9.83. The normalized spacial score (nSPS) is 15.3. The van der Waals surface area contributed by atoms with E-state index in [1.54, 1.807) is 33.8 Å². The zero-order valence-corrected chi connectivity index (χ0v) is 13.3. The van der Waals surface area contributed by atoms with Gasteiger partial charge in [-0.25, -0.2) is 0 Å². The summed E-state index contributed by atoms with van der Waals surface area (Å²) in [6.45, 7) is 7.28. The van der Waals surface area contributed by atoms with E-state index >= 15 is 0 Å². The first-order chi connectivity index (χ1) is 9.95. The van der Waals surface area contributed by atoms with Gasteiger partial charge in [0, 0.05) is 23.9 Å². The summed E-state index contributed by atoms with van der Waals surface area (Å²) in [6, 6.07) is 4.90. The molecule has 0 aliphatic carbocycles. The Morgan fingerprint density at radius 2 is 1.77 bits per heavy atom. The van der Waals surface area contributed by atoms with Gasteiger partial charge in [-0.15, -0.1) is 0 Å². The Hall–Kier alpha value is -1.56. The molecular weight excluding hydrogens is 293 g/mol. The Morgan fingerprint density at radius 3 is 2.27 bits per heavy atom.